The number of benzene rings is 1. The second kappa shape index (κ2) is 6.18. The summed E-state index contributed by atoms with van der Waals surface area (Å²) < 4.78 is 51.2. The first-order valence-corrected chi connectivity index (χ1v) is 5.98. The van der Waals surface area contributed by atoms with E-state index in [2.05, 4.69) is 0 Å². The standard InChI is InChI=1S/C13H17F4N/c1-2-3-4-5-12(18)10-7-6-9(14)8-11(10)13(15,16)17/h6-8,12H,2-5,18H2,1H3/t12-/m0/s1. The van der Waals surface area contributed by atoms with Crippen molar-refractivity contribution in [1.82, 2.24) is 0 Å². The number of rotatable bonds is 5. The highest BCUT2D eigenvalue weighted by Gasteiger charge is 2.34. The van der Waals surface area contributed by atoms with Crippen LogP contribution in [0, 0.1) is 5.82 Å². The van der Waals surface area contributed by atoms with Gasteiger partial charge in [-0.15, -0.1) is 0 Å². The van der Waals surface area contributed by atoms with E-state index in [-0.39, 0.29) is 5.56 Å². The fraction of sp³-hybridized carbons (Fsp3) is 0.538. The molecule has 0 heterocycles. The van der Waals surface area contributed by atoms with Crippen molar-refractivity contribution < 1.29 is 17.6 Å². The molecule has 1 nitrogen and oxygen atoms in total. The van der Waals surface area contributed by atoms with Crippen LogP contribution in [0.4, 0.5) is 17.6 Å². The minimum Gasteiger partial charge on any atom is -0.324 e. The highest BCUT2D eigenvalue weighted by molar-refractivity contribution is 5.32. The first kappa shape index (κ1) is 15.0. The van der Waals surface area contributed by atoms with Gasteiger partial charge in [0.25, 0.3) is 0 Å². The number of unbranched alkanes of at least 4 members (excludes halogenated alkanes) is 2. The van der Waals surface area contributed by atoms with Gasteiger partial charge in [-0.3, -0.25) is 0 Å². The average Bonchev–Trinajstić information content (AvgIpc) is 2.28. The molecule has 102 valence electrons. The Balaban J connectivity index is 2.93. The predicted octanol–water partition coefficient (Wildman–Crippen LogP) is 4.42. The Morgan fingerprint density at radius 1 is 1.22 bits per heavy atom. The minimum absolute atomic E-state index is 0.0278. The molecule has 1 atom stereocenters. The Hall–Kier alpha value is -1.10. The van der Waals surface area contributed by atoms with Gasteiger partial charge in [0.2, 0.25) is 0 Å². The molecule has 2 N–H and O–H groups in total. The van der Waals surface area contributed by atoms with Crippen LogP contribution in [-0.4, -0.2) is 0 Å². The molecule has 18 heavy (non-hydrogen) atoms. The summed E-state index contributed by atoms with van der Waals surface area (Å²) in [6.07, 6.45) is -1.42. The van der Waals surface area contributed by atoms with Crippen LogP contribution in [0.3, 0.4) is 0 Å². The number of hydrogen-bond donors (Lipinski definition) is 1. The van der Waals surface area contributed by atoms with Gasteiger partial charge in [0.15, 0.2) is 0 Å². The maximum Gasteiger partial charge on any atom is 0.416 e. The third-order valence-electron chi connectivity index (χ3n) is 2.84. The summed E-state index contributed by atoms with van der Waals surface area (Å²) in [6.45, 7) is 2.00. The molecule has 1 rings (SSSR count). The van der Waals surface area contributed by atoms with Crippen LogP contribution in [0.5, 0.6) is 0 Å². The molecule has 0 bridgehead atoms. The third kappa shape index (κ3) is 3.98. The predicted molar refractivity (Wildman–Crippen MR) is 62.5 cm³/mol. The van der Waals surface area contributed by atoms with Crippen LogP contribution in [0.2, 0.25) is 0 Å². The number of alkyl halides is 3. The lowest BCUT2D eigenvalue weighted by Crippen LogP contribution is -2.17. The van der Waals surface area contributed by atoms with E-state index >= 15 is 0 Å². The quantitative estimate of drug-likeness (QED) is 0.617. The van der Waals surface area contributed by atoms with Crippen molar-refractivity contribution in [3.8, 4) is 0 Å². The van der Waals surface area contributed by atoms with Crippen molar-refractivity contribution in [3.63, 3.8) is 0 Å². The lowest BCUT2D eigenvalue weighted by molar-refractivity contribution is -0.138. The van der Waals surface area contributed by atoms with E-state index in [9.17, 15) is 17.6 Å². The summed E-state index contributed by atoms with van der Waals surface area (Å²) in [5.74, 6) is -0.896. The summed E-state index contributed by atoms with van der Waals surface area (Å²) in [7, 11) is 0. The van der Waals surface area contributed by atoms with Crippen LogP contribution >= 0.6 is 0 Å². The van der Waals surface area contributed by atoms with Crippen molar-refractivity contribution >= 4 is 0 Å². The lowest BCUT2D eigenvalue weighted by atomic mass is 9.96. The molecule has 5 heteroatoms. The molecule has 0 aliphatic heterocycles. The topological polar surface area (TPSA) is 26.0 Å². The van der Waals surface area contributed by atoms with Crippen LogP contribution in [0.25, 0.3) is 0 Å². The molecule has 0 fully saturated rings. The van der Waals surface area contributed by atoms with Gasteiger partial charge in [-0.2, -0.15) is 13.2 Å². The smallest absolute Gasteiger partial charge is 0.324 e. The summed E-state index contributed by atoms with van der Waals surface area (Å²) in [5.41, 5.74) is 4.77. The molecule has 0 spiro atoms. The average molecular weight is 263 g/mol. The van der Waals surface area contributed by atoms with Crippen molar-refractivity contribution in [2.75, 3.05) is 0 Å². The Morgan fingerprint density at radius 3 is 2.44 bits per heavy atom. The highest BCUT2D eigenvalue weighted by atomic mass is 19.4. The van der Waals surface area contributed by atoms with E-state index < -0.39 is 23.6 Å². The second-order valence-corrected chi connectivity index (χ2v) is 4.33. The van der Waals surface area contributed by atoms with Gasteiger partial charge in [0.1, 0.15) is 5.82 Å². The molecule has 1 aromatic carbocycles. The first-order chi connectivity index (χ1) is 8.36. The fourth-order valence-corrected chi connectivity index (χ4v) is 1.87. The first-order valence-electron chi connectivity index (χ1n) is 5.98. The van der Waals surface area contributed by atoms with E-state index in [0.717, 1.165) is 31.4 Å². The Bertz CT molecular complexity index is 387. The van der Waals surface area contributed by atoms with E-state index in [1.807, 2.05) is 6.92 Å². The summed E-state index contributed by atoms with van der Waals surface area (Å²) >= 11 is 0. The van der Waals surface area contributed by atoms with Gasteiger partial charge in [0.05, 0.1) is 5.56 Å². The van der Waals surface area contributed by atoms with E-state index in [4.69, 9.17) is 5.73 Å². The van der Waals surface area contributed by atoms with E-state index in [1.165, 1.54) is 0 Å². The summed E-state index contributed by atoms with van der Waals surface area (Å²) in [6, 6.07) is 1.96. The minimum atomic E-state index is -4.57. The molecule has 0 aliphatic carbocycles. The Morgan fingerprint density at radius 2 is 1.89 bits per heavy atom. The van der Waals surface area contributed by atoms with Gasteiger partial charge in [-0.1, -0.05) is 32.3 Å². The van der Waals surface area contributed by atoms with Crippen LogP contribution in [-0.2, 0) is 6.18 Å². The Kier molecular flexibility index (Phi) is 5.14. The van der Waals surface area contributed by atoms with Gasteiger partial charge in [-0.05, 0) is 24.1 Å². The normalized spacial score (nSPS) is 13.7. The zero-order chi connectivity index (χ0) is 13.8. The molecule has 0 saturated carbocycles. The summed E-state index contributed by atoms with van der Waals surface area (Å²) in [5, 5.41) is 0. The molecule has 1 aromatic rings. The molecule has 0 aromatic heterocycles. The largest absolute Gasteiger partial charge is 0.416 e. The van der Waals surface area contributed by atoms with Crippen LogP contribution in [0.1, 0.15) is 49.8 Å². The second-order valence-electron chi connectivity index (χ2n) is 4.33. The monoisotopic (exact) mass is 263 g/mol. The third-order valence-corrected chi connectivity index (χ3v) is 2.84. The summed E-state index contributed by atoms with van der Waals surface area (Å²) in [4.78, 5) is 0. The van der Waals surface area contributed by atoms with E-state index in [0.29, 0.717) is 12.5 Å². The van der Waals surface area contributed by atoms with Gasteiger partial charge < -0.3 is 5.73 Å². The number of hydrogen-bond acceptors (Lipinski definition) is 1. The molecular weight excluding hydrogens is 246 g/mol. The van der Waals surface area contributed by atoms with Crippen LogP contribution < -0.4 is 5.73 Å². The number of halogens is 4. The maximum atomic E-state index is 12.9. The fourth-order valence-electron chi connectivity index (χ4n) is 1.87. The van der Waals surface area contributed by atoms with Gasteiger partial charge in [-0.25, -0.2) is 4.39 Å². The van der Waals surface area contributed by atoms with E-state index in [1.54, 1.807) is 0 Å². The molecule has 0 unspecified atom stereocenters. The molecule has 0 saturated heterocycles. The molecule has 0 aliphatic rings. The van der Waals surface area contributed by atoms with Crippen molar-refractivity contribution in [1.29, 1.82) is 0 Å². The highest BCUT2D eigenvalue weighted by Crippen LogP contribution is 2.35. The zero-order valence-electron chi connectivity index (χ0n) is 10.2. The molecule has 0 amide bonds. The SMILES string of the molecule is CCCCC[C@H](N)c1ccc(F)cc1C(F)(F)F. The maximum absolute atomic E-state index is 12.9. The van der Waals surface area contributed by atoms with Crippen molar-refractivity contribution in [2.45, 2.75) is 44.8 Å². The lowest BCUT2D eigenvalue weighted by Gasteiger charge is -2.18. The molecule has 0 radical (unpaired) electrons. The number of nitrogens with two attached hydrogens (primary N) is 1. The van der Waals surface area contributed by atoms with Gasteiger partial charge >= 0.3 is 6.18 Å². The van der Waals surface area contributed by atoms with Crippen molar-refractivity contribution in [2.24, 2.45) is 5.73 Å². The van der Waals surface area contributed by atoms with Gasteiger partial charge in [0, 0.05) is 6.04 Å². The van der Waals surface area contributed by atoms with Crippen molar-refractivity contribution in [3.05, 3.63) is 35.1 Å². The zero-order valence-corrected chi connectivity index (χ0v) is 10.2. The van der Waals surface area contributed by atoms with Crippen LogP contribution in [0.15, 0.2) is 18.2 Å². The Labute approximate surface area is 104 Å². The molecular formula is C13H17F4N.